The number of carbonyl (C=O) groups is 3. The number of hydrogen-bond acceptors (Lipinski definition) is 5. The Morgan fingerprint density at radius 2 is 1.24 bits per heavy atom. The minimum Gasteiger partial charge on any atom is -0.394 e. The van der Waals surface area contributed by atoms with E-state index in [1.165, 1.54) is 0 Å². The van der Waals surface area contributed by atoms with Crippen molar-refractivity contribution in [3.05, 3.63) is 96.1 Å². The van der Waals surface area contributed by atoms with Gasteiger partial charge in [-0.1, -0.05) is 139 Å². The molecule has 8 heteroatoms. The van der Waals surface area contributed by atoms with Gasteiger partial charge in [0.1, 0.15) is 6.04 Å². The van der Waals surface area contributed by atoms with Gasteiger partial charge in [-0.15, -0.1) is 0 Å². The van der Waals surface area contributed by atoms with E-state index in [4.69, 9.17) is 0 Å². The molecule has 0 heterocycles. The molecule has 4 aromatic rings. The van der Waals surface area contributed by atoms with Crippen molar-refractivity contribution in [1.82, 2.24) is 16.0 Å². The van der Waals surface area contributed by atoms with E-state index in [0.717, 1.165) is 51.9 Å². The van der Waals surface area contributed by atoms with Crippen LogP contribution in [0.3, 0.4) is 0 Å². The number of amides is 3. The van der Waals surface area contributed by atoms with Crippen LogP contribution < -0.4 is 16.0 Å². The second kappa shape index (κ2) is 19.4. The maximum Gasteiger partial charge on any atom is 0.242 e. The highest BCUT2D eigenvalue weighted by atomic mass is 16.3. The molecule has 5 unspecified atom stereocenters. The Bertz CT molecular complexity index is 1650. The summed E-state index contributed by atoms with van der Waals surface area (Å²) >= 11 is 0. The van der Waals surface area contributed by atoms with Gasteiger partial charge in [0.2, 0.25) is 17.7 Å². The van der Waals surface area contributed by atoms with Crippen molar-refractivity contribution >= 4 is 39.3 Å². The lowest BCUT2D eigenvalue weighted by atomic mass is 9.83. The number of unbranched alkanes of at least 4 members (excludes halogenated alkanes) is 1. The highest BCUT2D eigenvalue weighted by Crippen LogP contribution is 2.37. The molecule has 4 rings (SSSR count). The minimum absolute atomic E-state index is 0.0750. The van der Waals surface area contributed by atoms with E-state index < -0.39 is 24.2 Å². The van der Waals surface area contributed by atoms with Gasteiger partial charge in [0.15, 0.2) is 0 Å². The van der Waals surface area contributed by atoms with Gasteiger partial charge >= 0.3 is 0 Å². The molecule has 274 valence electrons. The predicted molar refractivity (Wildman–Crippen MR) is 206 cm³/mol. The molecule has 0 fully saturated rings. The number of nitrogens with one attached hydrogen (secondary N) is 3. The van der Waals surface area contributed by atoms with Crippen molar-refractivity contribution in [2.45, 2.75) is 110 Å². The number of carbonyl (C=O) groups excluding carboxylic acids is 3. The summed E-state index contributed by atoms with van der Waals surface area (Å²) in [6.45, 7) is 9.78. The standard InChI is InChI=1S/C43H57N3O5/c1-6-8-23-37(43(51)46-38(24-28(3)4)40(48)26-42(50)45-39(27-47)29(5)7-2)44-41(49)25-36(34-21-13-17-30-15-9-11-19-32(30)34)35-22-14-18-31-16-10-12-20-33(31)35/h9-22,28-29,36-40,47-48H,6-8,23-27H2,1-5H3,(H,44,49)(H,45,50)(H,46,51). The third-order valence-corrected chi connectivity index (χ3v) is 10.1. The van der Waals surface area contributed by atoms with Gasteiger partial charge in [-0.05, 0) is 57.3 Å². The van der Waals surface area contributed by atoms with E-state index in [2.05, 4.69) is 64.5 Å². The molecule has 0 spiro atoms. The average Bonchev–Trinajstić information content (AvgIpc) is 3.13. The summed E-state index contributed by atoms with van der Waals surface area (Å²) in [6.07, 6.45) is 2.04. The monoisotopic (exact) mass is 695 g/mol. The van der Waals surface area contributed by atoms with E-state index in [1.54, 1.807) is 0 Å². The highest BCUT2D eigenvalue weighted by Gasteiger charge is 2.30. The predicted octanol–water partition coefficient (Wildman–Crippen LogP) is 7.00. The lowest BCUT2D eigenvalue weighted by Gasteiger charge is -2.29. The molecular formula is C43H57N3O5. The van der Waals surface area contributed by atoms with Gasteiger partial charge in [0.05, 0.1) is 31.2 Å². The van der Waals surface area contributed by atoms with E-state index in [1.807, 2.05) is 71.0 Å². The Kier molecular flexibility index (Phi) is 15.0. The summed E-state index contributed by atoms with van der Waals surface area (Å²) in [6, 6.07) is 26.9. The zero-order valence-electron chi connectivity index (χ0n) is 30.9. The summed E-state index contributed by atoms with van der Waals surface area (Å²) in [5.41, 5.74) is 2.09. The zero-order valence-corrected chi connectivity index (χ0v) is 30.9. The van der Waals surface area contributed by atoms with Crippen molar-refractivity contribution in [2.24, 2.45) is 11.8 Å². The summed E-state index contributed by atoms with van der Waals surface area (Å²) in [7, 11) is 0. The minimum atomic E-state index is -1.14. The first-order valence-electron chi connectivity index (χ1n) is 18.7. The average molecular weight is 696 g/mol. The Balaban J connectivity index is 1.57. The molecule has 0 aliphatic heterocycles. The molecule has 0 aliphatic carbocycles. The molecule has 4 aromatic carbocycles. The Morgan fingerprint density at radius 3 is 1.76 bits per heavy atom. The Hall–Kier alpha value is -4.27. The fourth-order valence-corrected chi connectivity index (χ4v) is 6.97. The second-order valence-electron chi connectivity index (χ2n) is 14.4. The van der Waals surface area contributed by atoms with Crippen LogP contribution >= 0.6 is 0 Å². The van der Waals surface area contributed by atoms with E-state index in [-0.39, 0.29) is 54.9 Å². The van der Waals surface area contributed by atoms with Gasteiger partial charge < -0.3 is 26.2 Å². The second-order valence-corrected chi connectivity index (χ2v) is 14.4. The number of rotatable bonds is 19. The molecule has 8 nitrogen and oxygen atoms in total. The van der Waals surface area contributed by atoms with Gasteiger partial charge in [0, 0.05) is 12.3 Å². The van der Waals surface area contributed by atoms with Crippen LogP contribution in [0.4, 0.5) is 0 Å². The van der Waals surface area contributed by atoms with Crippen molar-refractivity contribution in [2.75, 3.05) is 6.61 Å². The van der Waals surface area contributed by atoms with Crippen LogP contribution in [0.25, 0.3) is 21.5 Å². The van der Waals surface area contributed by atoms with Crippen LogP contribution in [0.1, 0.15) is 96.6 Å². The quantitative estimate of drug-likeness (QED) is 0.0723. The maximum atomic E-state index is 14.1. The smallest absolute Gasteiger partial charge is 0.242 e. The largest absolute Gasteiger partial charge is 0.394 e. The van der Waals surface area contributed by atoms with Crippen molar-refractivity contribution in [3.63, 3.8) is 0 Å². The molecule has 0 aromatic heterocycles. The first kappa shape index (κ1) is 39.5. The molecule has 51 heavy (non-hydrogen) atoms. The number of hydrogen-bond donors (Lipinski definition) is 5. The van der Waals surface area contributed by atoms with Gasteiger partial charge in [-0.3, -0.25) is 14.4 Å². The topological polar surface area (TPSA) is 128 Å². The lowest BCUT2D eigenvalue weighted by molar-refractivity contribution is -0.131. The maximum absolute atomic E-state index is 14.1. The molecule has 0 bridgehead atoms. The molecule has 0 saturated carbocycles. The number of benzene rings is 4. The third kappa shape index (κ3) is 10.9. The van der Waals surface area contributed by atoms with E-state index >= 15 is 0 Å². The van der Waals surface area contributed by atoms with Crippen molar-refractivity contribution in [1.29, 1.82) is 0 Å². The van der Waals surface area contributed by atoms with Crippen LogP contribution in [0.5, 0.6) is 0 Å². The molecule has 3 amide bonds. The molecule has 5 atom stereocenters. The first-order chi connectivity index (χ1) is 24.6. The first-order valence-corrected chi connectivity index (χ1v) is 18.7. The van der Waals surface area contributed by atoms with E-state index in [0.29, 0.717) is 12.8 Å². The van der Waals surface area contributed by atoms with Gasteiger partial charge in [-0.2, -0.15) is 0 Å². The van der Waals surface area contributed by atoms with E-state index in [9.17, 15) is 24.6 Å². The highest BCUT2D eigenvalue weighted by molar-refractivity contribution is 5.93. The summed E-state index contributed by atoms with van der Waals surface area (Å²) in [5.74, 6) is -1.06. The molecule has 0 radical (unpaired) electrons. The molecule has 5 N–H and O–H groups in total. The summed E-state index contributed by atoms with van der Waals surface area (Å²) < 4.78 is 0. The van der Waals surface area contributed by atoms with Crippen LogP contribution in [0, 0.1) is 11.8 Å². The van der Waals surface area contributed by atoms with Crippen LogP contribution in [-0.4, -0.2) is 58.8 Å². The summed E-state index contributed by atoms with van der Waals surface area (Å²) in [4.78, 5) is 40.9. The number of aliphatic hydroxyl groups excluding tert-OH is 2. The van der Waals surface area contributed by atoms with Crippen LogP contribution in [-0.2, 0) is 14.4 Å². The molecule has 0 aliphatic rings. The van der Waals surface area contributed by atoms with Crippen molar-refractivity contribution in [3.8, 4) is 0 Å². The normalized spacial score (nSPS) is 14.6. The molecular weight excluding hydrogens is 638 g/mol. The summed E-state index contributed by atoms with van der Waals surface area (Å²) in [5, 5.41) is 34.2. The lowest BCUT2D eigenvalue weighted by Crippen LogP contribution is -2.54. The van der Waals surface area contributed by atoms with Gasteiger partial charge in [0.25, 0.3) is 0 Å². The fourth-order valence-electron chi connectivity index (χ4n) is 6.97. The van der Waals surface area contributed by atoms with Crippen LogP contribution in [0.15, 0.2) is 84.9 Å². The van der Waals surface area contributed by atoms with Crippen molar-refractivity contribution < 1.29 is 24.6 Å². The van der Waals surface area contributed by atoms with Crippen LogP contribution in [0.2, 0.25) is 0 Å². The molecule has 0 saturated heterocycles. The zero-order chi connectivity index (χ0) is 36.9. The number of fused-ring (bicyclic) bond motifs is 2. The third-order valence-electron chi connectivity index (χ3n) is 10.1. The fraction of sp³-hybridized carbons (Fsp3) is 0.465. The number of aliphatic hydroxyl groups is 2. The Morgan fingerprint density at radius 1 is 0.686 bits per heavy atom. The SMILES string of the molecule is CCCCC(NC(=O)CC(c1cccc2ccccc12)c1cccc2ccccc12)C(=O)NC(CC(C)C)C(O)CC(=O)NC(CO)C(C)CC. The van der Waals surface area contributed by atoms with Gasteiger partial charge in [-0.25, -0.2) is 0 Å². The Labute approximate surface area is 303 Å².